The van der Waals surface area contributed by atoms with Crippen LogP contribution in [-0.2, 0) is 4.79 Å². The van der Waals surface area contributed by atoms with Crippen molar-refractivity contribution < 1.29 is 19.8 Å². The maximum absolute atomic E-state index is 12.1. The molecule has 0 spiro atoms. The van der Waals surface area contributed by atoms with Crippen LogP contribution in [0.1, 0.15) is 22.0 Å². The van der Waals surface area contributed by atoms with Gasteiger partial charge in [0.05, 0.1) is 6.10 Å². The first kappa shape index (κ1) is 19.3. The first-order valence-corrected chi connectivity index (χ1v) is 8.96. The van der Waals surface area contributed by atoms with Crippen molar-refractivity contribution >= 4 is 11.9 Å². The Hall–Kier alpha value is -3.44. The smallest absolute Gasteiger partial charge is 0.311 e. The predicted molar refractivity (Wildman–Crippen MR) is 107 cm³/mol. The quantitative estimate of drug-likeness (QED) is 0.590. The number of carboxylic acids is 1. The highest BCUT2D eigenvalue weighted by atomic mass is 16.4. The number of hydrogen-bond acceptors (Lipinski definition) is 3. The molecule has 3 N–H and O–H groups in total. The molecule has 0 fully saturated rings. The van der Waals surface area contributed by atoms with Gasteiger partial charge in [0.15, 0.2) is 0 Å². The van der Waals surface area contributed by atoms with Crippen LogP contribution in [0.15, 0.2) is 84.9 Å². The summed E-state index contributed by atoms with van der Waals surface area (Å²) >= 11 is 0. The molecule has 0 unspecified atom stereocenters. The van der Waals surface area contributed by atoms with Gasteiger partial charge < -0.3 is 15.5 Å². The second-order valence-electron chi connectivity index (χ2n) is 6.45. The minimum absolute atomic E-state index is 0.176. The van der Waals surface area contributed by atoms with Crippen LogP contribution in [0.2, 0.25) is 0 Å². The summed E-state index contributed by atoms with van der Waals surface area (Å²) in [5, 5.41) is 22.7. The number of nitrogens with one attached hydrogen (secondary N) is 1. The molecule has 142 valence electrons. The van der Waals surface area contributed by atoms with Crippen LogP contribution in [-0.4, -0.2) is 28.6 Å². The number of hydrogen-bond donors (Lipinski definition) is 3. The van der Waals surface area contributed by atoms with E-state index in [0.29, 0.717) is 11.1 Å². The summed E-state index contributed by atoms with van der Waals surface area (Å²) in [6.45, 7) is -0.176. The third-order valence-electron chi connectivity index (χ3n) is 4.58. The Kier molecular flexibility index (Phi) is 6.19. The van der Waals surface area contributed by atoms with E-state index in [2.05, 4.69) is 5.32 Å². The summed E-state index contributed by atoms with van der Waals surface area (Å²) in [4.78, 5) is 23.8. The third kappa shape index (κ3) is 4.64. The summed E-state index contributed by atoms with van der Waals surface area (Å²) in [6, 6.07) is 25.4. The fraction of sp³-hybridized carbons (Fsp3) is 0.130. The lowest BCUT2D eigenvalue weighted by Crippen LogP contribution is -2.36. The van der Waals surface area contributed by atoms with Gasteiger partial charge in [-0.15, -0.1) is 0 Å². The molecule has 0 aliphatic rings. The van der Waals surface area contributed by atoms with E-state index in [9.17, 15) is 19.8 Å². The van der Waals surface area contributed by atoms with Crippen molar-refractivity contribution in [2.45, 2.75) is 6.10 Å². The van der Waals surface area contributed by atoms with E-state index in [4.69, 9.17) is 0 Å². The molecule has 3 aromatic carbocycles. The van der Waals surface area contributed by atoms with Gasteiger partial charge in [-0.3, -0.25) is 9.59 Å². The van der Waals surface area contributed by atoms with E-state index in [1.165, 1.54) is 0 Å². The zero-order chi connectivity index (χ0) is 19.9. The van der Waals surface area contributed by atoms with Gasteiger partial charge in [0, 0.05) is 12.1 Å². The second kappa shape index (κ2) is 8.97. The summed E-state index contributed by atoms with van der Waals surface area (Å²) in [7, 11) is 0. The monoisotopic (exact) mass is 375 g/mol. The van der Waals surface area contributed by atoms with E-state index >= 15 is 0 Å². The second-order valence-corrected chi connectivity index (χ2v) is 6.45. The Morgan fingerprint density at radius 3 is 1.89 bits per heavy atom. The fourth-order valence-electron chi connectivity index (χ4n) is 2.96. The number of carbonyl (C=O) groups is 2. The van der Waals surface area contributed by atoms with Crippen molar-refractivity contribution in [3.63, 3.8) is 0 Å². The third-order valence-corrected chi connectivity index (χ3v) is 4.58. The molecular formula is C23H21NO4. The van der Waals surface area contributed by atoms with Crippen LogP contribution in [0, 0.1) is 5.92 Å². The SMILES string of the molecule is O=C(NC[C@@H](C(=O)O)[C@H](O)c1ccc(-c2ccccc2)cc1)c1ccccc1. The molecule has 0 saturated carbocycles. The highest BCUT2D eigenvalue weighted by Gasteiger charge is 2.28. The van der Waals surface area contributed by atoms with Crippen LogP contribution in [0.5, 0.6) is 0 Å². The first-order valence-electron chi connectivity index (χ1n) is 8.96. The summed E-state index contributed by atoms with van der Waals surface area (Å²) in [5.74, 6) is -2.71. The van der Waals surface area contributed by atoms with Crippen LogP contribution >= 0.6 is 0 Å². The van der Waals surface area contributed by atoms with E-state index in [0.717, 1.165) is 11.1 Å². The Morgan fingerprint density at radius 1 is 0.786 bits per heavy atom. The number of carbonyl (C=O) groups excluding carboxylic acids is 1. The number of carboxylic acid groups (broad SMARTS) is 1. The summed E-state index contributed by atoms with van der Waals surface area (Å²) < 4.78 is 0. The number of aliphatic hydroxyl groups is 1. The lowest BCUT2D eigenvalue weighted by Gasteiger charge is -2.20. The van der Waals surface area contributed by atoms with Gasteiger partial charge in [0.1, 0.15) is 5.92 Å². The highest BCUT2D eigenvalue weighted by Crippen LogP contribution is 2.26. The largest absolute Gasteiger partial charge is 0.481 e. The Labute approximate surface area is 163 Å². The minimum Gasteiger partial charge on any atom is -0.481 e. The fourth-order valence-corrected chi connectivity index (χ4v) is 2.96. The van der Waals surface area contributed by atoms with E-state index in [1.807, 2.05) is 42.5 Å². The average molecular weight is 375 g/mol. The van der Waals surface area contributed by atoms with Crippen molar-refractivity contribution in [1.29, 1.82) is 0 Å². The zero-order valence-electron chi connectivity index (χ0n) is 15.2. The van der Waals surface area contributed by atoms with Crippen LogP contribution in [0.4, 0.5) is 0 Å². The molecule has 28 heavy (non-hydrogen) atoms. The zero-order valence-corrected chi connectivity index (χ0v) is 15.2. The van der Waals surface area contributed by atoms with Crippen molar-refractivity contribution in [1.82, 2.24) is 5.32 Å². The first-order chi connectivity index (χ1) is 13.6. The van der Waals surface area contributed by atoms with Gasteiger partial charge in [-0.05, 0) is 28.8 Å². The maximum atomic E-state index is 12.1. The number of aliphatic hydroxyl groups excluding tert-OH is 1. The molecule has 0 radical (unpaired) electrons. The van der Waals surface area contributed by atoms with Gasteiger partial charge >= 0.3 is 5.97 Å². The molecule has 3 rings (SSSR count). The molecule has 1 amide bonds. The van der Waals surface area contributed by atoms with Crippen molar-refractivity contribution in [2.75, 3.05) is 6.54 Å². The summed E-state index contributed by atoms with van der Waals surface area (Å²) in [5.41, 5.74) is 2.93. The Bertz CT molecular complexity index is 924. The van der Waals surface area contributed by atoms with Gasteiger partial charge in [-0.1, -0.05) is 72.8 Å². The van der Waals surface area contributed by atoms with E-state index in [1.54, 1.807) is 42.5 Å². The van der Waals surface area contributed by atoms with Crippen LogP contribution < -0.4 is 5.32 Å². The number of amides is 1. The molecule has 0 aromatic heterocycles. The topological polar surface area (TPSA) is 86.6 Å². The normalized spacial score (nSPS) is 12.8. The number of aliphatic carboxylic acids is 1. The lowest BCUT2D eigenvalue weighted by atomic mass is 9.94. The van der Waals surface area contributed by atoms with Crippen molar-refractivity contribution in [3.05, 3.63) is 96.1 Å². The molecule has 5 nitrogen and oxygen atoms in total. The molecule has 0 aliphatic heterocycles. The van der Waals surface area contributed by atoms with Gasteiger partial charge in [-0.2, -0.15) is 0 Å². The average Bonchev–Trinajstić information content (AvgIpc) is 2.74. The van der Waals surface area contributed by atoms with Gasteiger partial charge in [-0.25, -0.2) is 0 Å². The van der Waals surface area contributed by atoms with Gasteiger partial charge in [0.2, 0.25) is 0 Å². The van der Waals surface area contributed by atoms with Crippen molar-refractivity contribution in [3.8, 4) is 11.1 Å². The van der Waals surface area contributed by atoms with E-state index < -0.39 is 18.0 Å². The molecule has 0 saturated heterocycles. The number of rotatable bonds is 7. The molecule has 5 heteroatoms. The molecule has 0 heterocycles. The molecule has 3 aromatic rings. The number of benzene rings is 3. The predicted octanol–water partition coefficient (Wildman–Crippen LogP) is 3.52. The molecule has 2 atom stereocenters. The Morgan fingerprint density at radius 2 is 1.32 bits per heavy atom. The van der Waals surface area contributed by atoms with Crippen LogP contribution in [0.25, 0.3) is 11.1 Å². The van der Waals surface area contributed by atoms with E-state index in [-0.39, 0.29) is 12.5 Å². The molecule has 0 aliphatic carbocycles. The summed E-state index contributed by atoms with van der Waals surface area (Å²) in [6.07, 6.45) is -1.24. The molecule has 0 bridgehead atoms. The lowest BCUT2D eigenvalue weighted by molar-refractivity contribution is -0.145. The highest BCUT2D eigenvalue weighted by molar-refractivity contribution is 5.94. The maximum Gasteiger partial charge on any atom is 0.311 e. The van der Waals surface area contributed by atoms with Gasteiger partial charge in [0.25, 0.3) is 5.91 Å². The minimum atomic E-state index is -1.24. The molecular weight excluding hydrogens is 354 g/mol. The standard InChI is InChI=1S/C23H21NO4/c25-21(18-13-11-17(12-14-18)16-7-3-1-4-8-16)20(23(27)28)15-24-22(26)19-9-5-2-6-10-19/h1-14,20-21,25H,15H2,(H,24,26)(H,27,28)/t20-,21-/m1/s1. The van der Waals surface area contributed by atoms with Crippen LogP contribution in [0.3, 0.4) is 0 Å². The Balaban J connectivity index is 1.69. The van der Waals surface area contributed by atoms with Crippen molar-refractivity contribution in [2.24, 2.45) is 5.92 Å².